The van der Waals surface area contributed by atoms with Crippen molar-refractivity contribution in [2.45, 2.75) is 32.0 Å². The number of nitrogens with one attached hydrogen (secondary N) is 1. The zero-order valence-electron chi connectivity index (χ0n) is 10.3. The number of ether oxygens (including phenoxy) is 1. The summed E-state index contributed by atoms with van der Waals surface area (Å²) in [5, 5.41) is 3.13. The smallest absolute Gasteiger partial charge is 0.214 e. The van der Waals surface area contributed by atoms with Gasteiger partial charge in [-0.3, -0.25) is 0 Å². The third kappa shape index (κ3) is 4.37. The average Bonchev–Trinajstić information content (AvgIpc) is 2.59. The van der Waals surface area contributed by atoms with Gasteiger partial charge in [0.1, 0.15) is 0 Å². The van der Waals surface area contributed by atoms with Gasteiger partial charge in [-0.05, 0) is 19.8 Å². The summed E-state index contributed by atoms with van der Waals surface area (Å²) in [5.74, 6) is 0.141. The van der Waals surface area contributed by atoms with Gasteiger partial charge in [0.05, 0.1) is 18.0 Å². The van der Waals surface area contributed by atoms with E-state index in [4.69, 9.17) is 4.74 Å². The van der Waals surface area contributed by atoms with Crippen LogP contribution in [-0.2, 0) is 14.8 Å². The number of hydrogen-bond donors (Lipinski definition) is 1. The fourth-order valence-electron chi connectivity index (χ4n) is 1.68. The summed E-state index contributed by atoms with van der Waals surface area (Å²) in [7, 11) is 0.0306. The molecule has 1 saturated heterocycles. The van der Waals surface area contributed by atoms with Crippen LogP contribution in [0.4, 0.5) is 0 Å². The second-order valence-corrected chi connectivity index (χ2v) is 6.75. The van der Waals surface area contributed by atoms with E-state index >= 15 is 0 Å². The van der Waals surface area contributed by atoms with Crippen LogP contribution in [0.2, 0.25) is 0 Å². The Labute approximate surface area is 98.2 Å². The molecular formula is C10H22N2O3S. The molecule has 1 aliphatic heterocycles. The molecule has 0 aromatic heterocycles. The van der Waals surface area contributed by atoms with Crippen molar-refractivity contribution in [3.05, 3.63) is 0 Å². The summed E-state index contributed by atoms with van der Waals surface area (Å²) in [6.45, 7) is 3.29. The van der Waals surface area contributed by atoms with Crippen molar-refractivity contribution in [1.82, 2.24) is 9.62 Å². The maximum absolute atomic E-state index is 11.4. The van der Waals surface area contributed by atoms with E-state index in [0.717, 1.165) is 19.4 Å². The second-order valence-electron chi connectivity index (χ2n) is 4.45. The van der Waals surface area contributed by atoms with E-state index in [1.807, 2.05) is 0 Å². The van der Waals surface area contributed by atoms with Gasteiger partial charge in [0.2, 0.25) is 10.0 Å². The molecule has 1 rings (SSSR count). The van der Waals surface area contributed by atoms with E-state index in [-0.39, 0.29) is 11.9 Å². The van der Waals surface area contributed by atoms with Gasteiger partial charge >= 0.3 is 0 Å². The standard InChI is InChI=1S/C10H22N2O3S/c1-9-4-5-10(15-9)8-11-6-7-16(13,14)12(2)3/h9-11H,4-8H2,1-3H3. The Kier molecular flexibility index (Phi) is 5.17. The molecule has 0 bridgehead atoms. The van der Waals surface area contributed by atoms with Crippen LogP contribution in [0.1, 0.15) is 19.8 Å². The van der Waals surface area contributed by atoms with E-state index < -0.39 is 10.0 Å². The molecule has 2 atom stereocenters. The molecule has 0 spiro atoms. The number of rotatable bonds is 6. The second kappa shape index (κ2) is 5.95. The summed E-state index contributed by atoms with van der Waals surface area (Å²) in [4.78, 5) is 0. The molecule has 1 aliphatic rings. The normalized spacial score (nSPS) is 26.5. The Hall–Kier alpha value is -0.170. The molecule has 6 heteroatoms. The van der Waals surface area contributed by atoms with Crippen molar-refractivity contribution in [3.63, 3.8) is 0 Å². The van der Waals surface area contributed by atoms with Gasteiger partial charge in [-0.1, -0.05) is 0 Å². The van der Waals surface area contributed by atoms with E-state index in [9.17, 15) is 8.42 Å². The third-order valence-corrected chi connectivity index (χ3v) is 4.62. The number of nitrogens with zero attached hydrogens (tertiary/aromatic N) is 1. The van der Waals surface area contributed by atoms with Gasteiger partial charge in [0, 0.05) is 27.2 Å². The maximum Gasteiger partial charge on any atom is 0.214 e. The molecule has 0 radical (unpaired) electrons. The Morgan fingerprint density at radius 2 is 2.06 bits per heavy atom. The zero-order chi connectivity index (χ0) is 12.2. The SMILES string of the molecule is CC1CCC(CNCCS(=O)(=O)N(C)C)O1. The molecule has 1 N–H and O–H groups in total. The molecule has 1 heterocycles. The first-order valence-corrected chi connectivity index (χ1v) is 7.29. The predicted octanol–water partition coefficient (Wildman–Crippen LogP) is 0.0349. The Balaban J connectivity index is 2.13. The molecule has 2 unspecified atom stereocenters. The lowest BCUT2D eigenvalue weighted by molar-refractivity contribution is 0.0564. The lowest BCUT2D eigenvalue weighted by Gasteiger charge is -2.14. The number of sulfonamides is 1. The van der Waals surface area contributed by atoms with Crippen molar-refractivity contribution in [3.8, 4) is 0 Å². The summed E-state index contributed by atoms with van der Waals surface area (Å²) in [6.07, 6.45) is 2.76. The first-order chi connectivity index (χ1) is 7.42. The van der Waals surface area contributed by atoms with Gasteiger partial charge in [0.25, 0.3) is 0 Å². The van der Waals surface area contributed by atoms with Crippen molar-refractivity contribution < 1.29 is 13.2 Å². The highest BCUT2D eigenvalue weighted by atomic mass is 32.2. The van der Waals surface area contributed by atoms with Crippen molar-refractivity contribution >= 4 is 10.0 Å². The van der Waals surface area contributed by atoms with E-state index in [1.54, 1.807) is 14.1 Å². The monoisotopic (exact) mass is 250 g/mol. The van der Waals surface area contributed by atoms with E-state index in [0.29, 0.717) is 12.6 Å². The molecule has 5 nitrogen and oxygen atoms in total. The highest BCUT2D eigenvalue weighted by Crippen LogP contribution is 2.17. The molecule has 0 aromatic rings. The Bertz CT molecular complexity index is 303. The maximum atomic E-state index is 11.4. The van der Waals surface area contributed by atoms with Gasteiger partial charge in [-0.25, -0.2) is 12.7 Å². The summed E-state index contributed by atoms with van der Waals surface area (Å²) in [6, 6.07) is 0. The number of hydrogen-bond acceptors (Lipinski definition) is 4. The van der Waals surface area contributed by atoms with Crippen molar-refractivity contribution in [2.24, 2.45) is 0 Å². The van der Waals surface area contributed by atoms with E-state index in [2.05, 4.69) is 12.2 Å². The first-order valence-electron chi connectivity index (χ1n) is 5.68. The van der Waals surface area contributed by atoms with Crippen LogP contribution >= 0.6 is 0 Å². The molecule has 0 saturated carbocycles. The minimum Gasteiger partial charge on any atom is -0.374 e. The molecule has 96 valence electrons. The highest BCUT2D eigenvalue weighted by Gasteiger charge is 2.21. The van der Waals surface area contributed by atoms with Crippen LogP contribution in [0.3, 0.4) is 0 Å². The average molecular weight is 250 g/mol. The summed E-state index contributed by atoms with van der Waals surface area (Å²) >= 11 is 0. The van der Waals surface area contributed by atoms with Gasteiger partial charge < -0.3 is 10.1 Å². The van der Waals surface area contributed by atoms with Gasteiger partial charge in [-0.2, -0.15) is 0 Å². The van der Waals surface area contributed by atoms with Gasteiger partial charge in [-0.15, -0.1) is 0 Å². The molecule has 0 aliphatic carbocycles. The minimum absolute atomic E-state index is 0.141. The zero-order valence-corrected chi connectivity index (χ0v) is 11.1. The van der Waals surface area contributed by atoms with Gasteiger partial charge in [0.15, 0.2) is 0 Å². The largest absolute Gasteiger partial charge is 0.374 e. The summed E-state index contributed by atoms with van der Waals surface area (Å²) < 4.78 is 29.7. The Morgan fingerprint density at radius 1 is 1.38 bits per heavy atom. The van der Waals surface area contributed by atoms with Crippen LogP contribution in [0, 0.1) is 0 Å². The first kappa shape index (κ1) is 13.9. The topological polar surface area (TPSA) is 58.6 Å². The van der Waals surface area contributed by atoms with Crippen molar-refractivity contribution in [2.75, 3.05) is 32.9 Å². The lowest BCUT2D eigenvalue weighted by Crippen LogP contribution is -2.34. The third-order valence-electron chi connectivity index (χ3n) is 2.79. The fourth-order valence-corrected chi connectivity index (χ4v) is 2.45. The summed E-state index contributed by atoms with van der Waals surface area (Å²) in [5.41, 5.74) is 0. The van der Waals surface area contributed by atoms with Crippen molar-refractivity contribution in [1.29, 1.82) is 0 Å². The van der Waals surface area contributed by atoms with Crippen LogP contribution in [0.25, 0.3) is 0 Å². The highest BCUT2D eigenvalue weighted by molar-refractivity contribution is 7.89. The molecule has 16 heavy (non-hydrogen) atoms. The van der Waals surface area contributed by atoms with Crippen LogP contribution in [-0.4, -0.2) is 57.9 Å². The fraction of sp³-hybridized carbons (Fsp3) is 1.00. The minimum atomic E-state index is -3.07. The molecule has 0 aromatic carbocycles. The molecule has 1 fully saturated rings. The van der Waals surface area contributed by atoms with Crippen LogP contribution < -0.4 is 5.32 Å². The quantitative estimate of drug-likeness (QED) is 0.676. The van der Waals surface area contributed by atoms with Crippen LogP contribution in [0.15, 0.2) is 0 Å². The Morgan fingerprint density at radius 3 is 2.56 bits per heavy atom. The van der Waals surface area contributed by atoms with E-state index in [1.165, 1.54) is 4.31 Å². The lowest BCUT2D eigenvalue weighted by atomic mass is 10.2. The molecular weight excluding hydrogens is 228 g/mol. The van der Waals surface area contributed by atoms with Crippen LogP contribution in [0.5, 0.6) is 0 Å². The molecule has 0 amide bonds. The predicted molar refractivity (Wildman–Crippen MR) is 63.9 cm³/mol.